The van der Waals surface area contributed by atoms with Crippen molar-refractivity contribution in [1.29, 1.82) is 0 Å². The molecule has 0 radical (unpaired) electrons. The minimum Gasteiger partial charge on any atom is -0.466 e. The maximum absolute atomic E-state index is 13.0. The lowest BCUT2D eigenvalue weighted by molar-refractivity contribution is -0.143. The van der Waals surface area contributed by atoms with Crippen molar-refractivity contribution in [3.8, 4) is 5.75 Å². The molecule has 4 rings (SSSR count). The van der Waals surface area contributed by atoms with Crippen LogP contribution in [0.1, 0.15) is 25.5 Å². The monoisotopic (exact) mass is 410 g/mol. The number of aromatic nitrogens is 2. The molecule has 0 spiro atoms. The molecule has 2 aromatic carbocycles. The van der Waals surface area contributed by atoms with Crippen LogP contribution < -0.4 is 15.4 Å². The number of fused-ring (bicyclic) bond motifs is 1. The SMILES string of the molecule is CC(c1ccc(Cl)cc1)n1nccc1NC(=O)C1(C)Oc2ccccc2NC1=O. The summed E-state index contributed by atoms with van der Waals surface area (Å²) < 4.78 is 7.44. The van der Waals surface area contributed by atoms with E-state index in [1.807, 2.05) is 19.1 Å². The molecular formula is C21H19ClN4O3. The zero-order chi connectivity index (χ0) is 20.6. The molecule has 3 aromatic rings. The molecule has 2 heterocycles. The van der Waals surface area contributed by atoms with Gasteiger partial charge in [-0.3, -0.25) is 9.59 Å². The summed E-state index contributed by atoms with van der Waals surface area (Å²) in [7, 11) is 0. The van der Waals surface area contributed by atoms with Gasteiger partial charge in [0.05, 0.1) is 17.9 Å². The van der Waals surface area contributed by atoms with E-state index in [0.717, 1.165) is 5.56 Å². The zero-order valence-electron chi connectivity index (χ0n) is 15.8. The molecule has 2 atom stereocenters. The van der Waals surface area contributed by atoms with Gasteiger partial charge in [0, 0.05) is 11.1 Å². The highest BCUT2D eigenvalue weighted by Gasteiger charge is 2.47. The fraction of sp³-hybridized carbons (Fsp3) is 0.190. The zero-order valence-corrected chi connectivity index (χ0v) is 16.6. The average molecular weight is 411 g/mol. The number of benzene rings is 2. The van der Waals surface area contributed by atoms with Gasteiger partial charge < -0.3 is 15.4 Å². The molecule has 2 unspecified atom stereocenters. The number of amides is 2. The second-order valence-electron chi connectivity index (χ2n) is 6.93. The van der Waals surface area contributed by atoms with E-state index in [1.54, 1.807) is 53.3 Å². The lowest BCUT2D eigenvalue weighted by atomic mass is 10.0. The summed E-state index contributed by atoms with van der Waals surface area (Å²) in [5, 5.41) is 10.5. The van der Waals surface area contributed by atoms with Crippen molar-refractivity contribution >= 4 is 34.9 Å². The number of halogens is 1. The molecule has 0 saturated carbocycles. The summed E-state index contributed by atoms with van der Waals surface area (Å²) in [6, 6.07) is 15.9. The number of nitrogens with one attached hydrogen (secondary N) is 2. The van der Waals surface area contributed by atoms with E-state index in [2.05, 4.69) is 15.7 Å². The van der Waals surface area contributed by atoms with E-state index in [9.17, 15) is 9.59 Å². The fourth-order valence-corrected chi connectivity index (χ4v) is 3.28. The largest absolute Gasteiger partial charge is 0.466 e. The summed E-state index contributed by atoms with van der Waals surface area (Å²) in [5.74, 6) is -0.234. The van der Waals surface area contributed by atoms with Gasteiger partial charge in [0.1, 0.15) is 11.6 Å². The Balaban J connectivity index is 1.57. The van der Waals surface area contributed by atoms with Crippen LogP contribution in [0.15, 0.2) is 60.8 Å². The lowest BCUT2D eigenvalue weighted by Crippen LogP contribution is -2.56. The highest BCUT2D eigenvalue weighted by molar-refractivity contribution is 6.30. The number of carbonyl (C=O) groups is 2. The van der Waals surface area contributed by atoms with E-state index in [0.29, 0.717) is 22.3 Å². The van der Waals surface area contributed by atoms with Crippen LogP contribution in [0.5, 0.6) is 5.75 Å². The number of nitrogens with zero attached hydrogens (tertiary/aromatic N) is 2. The van der Waals surface area contributed by atoms with Gasteiger partial charge >= 0.3 is 0 Å². The Morgan fingerprint density at radius 3 is 2.69 bits per heavy atom. The number of carbonyl (C=O) groups excluding carboxylic acids is 2. The minimum atomic E-state index is -1.72. The van der Waals surface area contributed by atoms with Crippen LogP contribution in [0.2, 0.25) is 5.02 Å². The van der Waals surface area contributed by atoms with Gasteiger partial charge in [0.25, 0.3) is 17.4 Å². The predicted octanol–water partition coefficient (Wildman–Crippen LogP) is 3.87. The molecule has 1 aliphatic rings. The van der Waals surface area contributed by atoms with Crippen LogP contribution in [0, 0.1) is 0 Å². The first-order valence-electron chi connectivity index (χ1n) is 9.08. The fourth-order valence-electron chi connectivity index (χ4n) is 3.16. The van der Waals surface area contributed by atoms with Crippen molar-refractivity contribution in [2.75, 3.05) is 10.6 Å². The van der Waals surface area contributed by atoms with Crippen molar-refractivity contribution in [1.82, 2.24) is 9.78 Å². The topological polar surface area (TPSA) is 85.2 Å². The van der Waals surface area contributed by atoms with Crippen LogP contribution in [0.4, 0.5) is 11.5 Å². The molecular weight excluding hydrogens is 392 g/mol. The third-order valence-corrected chi connectivity index (χ3v) is 5.20. The van der Waals surface area contributed by atoms with E-state index in [4.69, 9.17) is 16.3 Å². The van der Waals surface area contributed by atoms with Crippen LogP contribution in [-0.4, -0.2) is 27.2 Å². The van der Waals surface area contributed by atoms with Crippen LogP contribution in [-0.2, 0) is 9.59 Å². The Morgan fingerprint density at radius 2 is 1.93 bits per heavy atom. The van der Waals surface area contributed by atoms with Crippen molar-refractivity contribution in [2.24, 2.45) is 0 Å². The van der Waals surface area contributed by atoms with E-state index in [1.165, 1.54) is 6.92 Å². The highest BCUT2D eigenvalue weighted by atomic mass is 35.5. The van der Waals surface area contributed by atoms with E-state index in [-0.39, 0.29) is 6.04 Å². The first-order chi connectivity index (χ1) is 13.9. The Hall–Kier alpha value is -3.32. The highest BCUT2D eigenvalue weighted by Crippen LogP contribution is 2.34. The van der Waals surface area contributed by atoms with Crippen LogP contribution in [0.3, 0.4) is 0 Å². The third kappa shape index (κ3) is 3.45. The van der Waals surface area contributed by atoms with Gasteiger partial charge in [-0.25, -0.2) is 4.68 Å². The molecule has 0 aliphatic carbocycles. The summed E-state index contributed by atoms with van der Waals surface area (Å²) >= 11 is 5.96. The summed E-state index contributed by atoms with van der Waals surface area (Å²) in [6.07, 6.45) is 1.58. The molecule has 148 valence electrons. The van der Waals surface area contributed by atoms with Gasteiger partial charge in [0.2, 0.25) is 0 Å². The second kappa shape index (κ2) is 7.25. The minimum absolute atomic E-state index is 0.160. The van der Waals surface area contributed by atoms with Crippen molar-refractivity contribution in [3.63, 3.8) is 0 Å². The molecule has 2 N–H and O–H groups in total. The Bertz CT molecular complexity index is 1080. The number of hydrogen-bond acceptors (Lipinski definition) is 4. The van der Waals surface area contributed by atoms with E-state index < -0.39 is 17.4 Å². The molecule has 8 heteroatoms. The number of para-hydroxylation sites is 2. The van der Waals surface area contributed by atoms with E-state index >= 15 is 0 Å². The normalized spacial score (nSPS) is 18.9. The number of rotatable bonds is 4. The predicted molar refractivity (Wildman–Crippen MR) is 110 cm³/mol. The standard InChI is InChI=1S/C21H19ClN4O3/c1-13(14-7-9-15(22)10-8-14)26-18(11-12-23-26)25-20(28)21(2)19(27)24-16-5-3-4-6-17(16)29-21/h3-13H,1-2H3,(H,24,27)(H,25,28). The molecule has 1 aliphatic heterocycles. The molecule has 0 fully saturated rings. The summed E-state index contributed by atoms with van der Waals surface area (Å²) in [4.78, 5) is 25.6. The molecule has 0 bridgehead atoms. The Morgan fingerprint density at radius 1 is 1.21 bits per heavy atom. The first kappa shape index (κ1) is 19.0. The maximum Gasteiger partial charge on any atom is 0.279 e. The van der Waals surface area contributed by atoms with Crippen molar-refractivity contribution in [2.45, 2.75) is 25.5 Å². The molecule has 0 saturated heterocycles. The number of anilines is 2. The molecule has 2 amide bonds. The quantitative estimate of drug-likeness (QED) is 0.639. The Labute approximate surface area is 172 Å². The van der Waals surface area contributed by atoms with Gasteiger partial charge in [-0.15, -0.1) is 0 Å². The number of hydrogen-bond donors (Lipinski definition) is 2. The molecule has 7 nitrogen and oxygen atoms in total. The van der Waals surface area contributed by atoms with Gasteiger partial charge in [-0.2, -0.15) is 5.10 Å². The molecule has 1 aromatic heterocycles. The smallest absolute Gasteiger partial charge is 0.279 e. The Kier molecular flexibility index (Phi) is 4.76. The average Bonchev–Trinajstić information content (AvgIpc) is 3.17. The van der Waals surface area contributed by atoms with Gasteiger partial charge in [-0.05, 0) is 43.7 Å². The summed E-state index contributed by atoms with van der Waals surface area (Å²) in [5.41, 5.74) is -0.211. The summed E-state index contributed by atoms with van der Waals surface area (Å²) in [6.45, 7) is 3.39. The van der Waals surface area contributed by atoms with Gasteiger partial charge in [0.15, 0.2) is 0 Å². The first-order valence-corrected chi connectivity index (χ1v) is 9.46. The lowest BCUT2D eigenvalue weighted by Gasteiger charge is -2.33. The van der Waals surface area contributed by atoms with Crippen LogP contribution >= 0.6 is 11.6 Å². The van der Waals surface area contributed by atoms with Crippen molar-refractivity contribution < 1.29 is 14.3 Å². The molecule has 29 heavy (non-hydrogen) atoms. The van der Waals surface area contributed by atoms with Crippen LogP contribution in [0.25, 0.3) is 0 Å². The second-order valence-corrected chi connectivity index (χ2v) is 7.36. The van der Waals surface area contributed by atoms with Gasteiger partial charge in [-0.1, -0.05) is 35.9 Å². The van der Waals surface area contributed by atoms with Crippen molar-refractivity contribution in [3.05, 3.63) is 71.4 Å². The third-order valence-electron chi connectivity index (χ3n) is 4.95. The number of ether oxygens (including phenoxy) is 1. The maximum atomic E-state index is 13.0.